The van der Waals surface area contributed by atoms with Gasteiger partial charge in [0.2, 0.25) is 0 Å². The molecule has 20 heavy (non-hydrogen) atoms. The Morgan fingerprint density at radius 1 is 1.40 bits per heavy atom. The molecule has 0 saturated heterocycles. The molecule has 0 fully saturated rings. The van der Waals surface area contributed by atoms with Gasteiger partial charge in [-0.2, -0.15) is 0 Å². The monoisotopic (exact) mass is 355 g/mol. The summed E-state index contributed by atoms with van der Waals surface area (Å²) in [5.41, 5.74) is 1.21. The Kier molecular flexibility index (Phi) is 5.64. The van der Waals surface area contributed by atoms with E-state index in [0.717, 1.165) is 34.8 Å². The van der Waals surface area contributed by atoms with Crippen molar-refractivity contribution in [3.8, 4) is 0 Å². The van der Waals surface area contributed by atoms with Crippen LogP contribution >= 0.6 is 27.5 Å². The number of aromatic nitrogens is 2. The number of aryl methyl sites for hydroxylation is 1. The zero-order valence-corrected chi connectivity index (χ0v) is 14.1. The van der Waals surface area contributed by atoms with E-state index in [4.69, 9.17) is 11.6 Å². The average Bonchev–Trinajstić information content (AvgIpc) is 2.85. The van der Waals surface area contributed by atoms with Crippen molar-refractivity contribution >= 4 is 27.5 Å². The Morgan fingerprint density at radius 2 is 2.20 bits per heavy atom. The van der Waals surface area contributed by atoms with Crippen LogP contribution in [0.25, 0.3) is 0 Å². The second-order valence-electron chi connectivity index (χ2n) is 4.61. The second kappa shape index (κ2) is 7.25. The molecule has 1 N–H and O–H groups in total. The smallest absolute Gasteiger partial charge is 0.110 e. The topological polar surface area (TPSA) is 29.9 Å². The SMILES string of the molecule is CCNC(Cc1nccn1CC)c1ccc(Cl)cc1Br. The fraction of sp³-hybridized carbons (Fsp3) is 0.400. The van der Waals surface area contributed by atoms with Crippen molar-refractivity contribution in [1.82, 2.24) is 14.9 Å². The first-order valence-electron chi connectivity index (χ1n) is 6.84. The Labute approximate surface area is 133 Å². The molecule has 0 spiro atoms. The molecule has 1 atom stereocenters. The fourth-order valence-corrected chi connectivity index (χ4v) is 3.28. The molecule has 108 valence electrons. The molecule has 0 aliphatic heterocycles. The van der Waals surface area contributed by atoms with E-state index in [2.05, 4.69) is 50.7 Å². The summed E-state index contributed by atoms with van der Waals surface area (Å²) in [5.74, 6) is 1.10. The summed E-state index contributed by atoms with van der Waals surface area (Å²) < 4.78 is 3.21. The van der Waals surface area contributed by atoms with Gasteiger partial charge in [-0.25, -0.2) is 4.98 Å². The van der Waals surface area contributed by atoms with E-state index in [0.29, 0.717) is 0 Å². The summed E-state index contributed by atoms with van der Waals surface area (Å²) >= 11 is 9.63. The van der Waals surface area contributed by atoms with Gasteiger partial charge in [-0.3, -0.25) is 0 Å². The van der Waals surface area contributed by atoms with E-state index < -0.39 is 0 Å². The molecule has 0 bridgehead atoms. The highest BCUT2D eigenvalue weighted by molar-refractivity contribution is 9.10. The van der Waals surface area contributed by atoms with Gasteiger partial charge in [-0.05, 0) is 31.2 Å². The van der Waals surface area contributed by atoms with Gasteiger partial charge >= 0.3 is 0 Å². The summed E-state index contributed by atoms with van der Waals surface area (Å²) in [6.07, 6.45) is 4.74. The molecule has 1 aromatic carbocycles. The molecule has 1 unspecified atom stereocenters. The van der Waals surface area contributed by atoms with Crippen molar-refractivity contribution in [2.45, 2.75) is 32.9 Å². The van der Waals surface area contributed by atoms with Crippen molar-refractivity contribution in [2.24, 2.45) is 0 Å². The Morgan fingerprint density at radius 3 is 2.85 bits per heavy atom. The molecule has 3 nitrogen and oxygen atoms in total. The summed E-state index contributed by atoms with van der Waals surface area (Å²) in [7, 11) is 0. The number of hydrogen-bond donors (Lipinski definition) is 1. The van der Waals surface area contributed by atoms with Crippen LogP contribution in [0.3, 0.4) is 0 Å². The fourth-order valence-electron chi connectivity index (χ4n) is 2.32. The number of nitrogens with one attached hydrogen (secondary N) is 1. The Hall–Kier alpha value is -0.840. The van der Waals surface area contributed by atoms with Crippen LogP contribution in [0, 0.1) is 0 Å². The molecule has 5 heteroatoms. The van der Waals surface area contributed by atoms with Gasteiger partial charge in [0.1, 0.15) is 5.82 Å². The number of nitrogens with zero attached hydrogens (tertiary/aromatic N) is 2. The number of benzene rings is 1. The van der Waals surface area contributed by atoms with Crippen LogP contribution in [-0.2, 0) is 13.0 Å². The predicted octanol–water partition coefficient (Wildman–Crippen LogP) is 4.21. The van der Waals surface area contributed by atoms with E-state index in [1.807, 2.05) is 24.5 Å². The lowest BCUT2D eigenvalue weighted by molar-refractivity contribution is 0.520. The molecule has 2 rings (SSSR count). The quantitative estimate of drug-likeness (QED) is 0.840. The van der Waals surface area contributed by atoms with Gasteiger partial charge in [0.15, 0.2) is 0 Å². The first-order chi connectivity index (χ1) is 9.65. The summed E-state index contributed by atoms with van der Waals surface area (Å²) in [6.45, 7) is 6.09. The minimum absolute atomic E-state index is 0.222. The van der Waals surface area contributed by atoms with Gasteiger partial charge in [0.05, 0.1) is 0 Å². The van der Waals surface area contributed by atoms with Crippen molar-refractivity contribution in [1.29, 1.82) is 0 Å². The van der Waals surface area contributed by atoms with Crippen LogP contribution in [0.5, 0.6) is 0 Å². The molecule has 1 aromatic heterocycles. The number of imidazole rings is 1. The van der Waals surface area contributed by atoms with Crippen molar-refractivity contribution < 1.29 is 0 Å². The van der Waals surface area contributed by atoms with Crippen LogP contribution in [0.15, 0.2) is 35.1 Å². The van der Waals surface area contributed by atoms with Crippen LogP contribution in [0.4, 0.5) is 0 Å². The predicted molar refractivity (Wildman–Crippen MR) is 87.2 cm³/mol. The van der Waals surface area contributed by atoms with E-state index in [-0.39, 0.29) is 6.04 Å². The first-order valence-corrected chi connectivity index (χ1v) is 8.01. The standard InChI is InChI=1S/C15H19BrClN3/c1-3-18-14(10-15-19-7-8-20(15)4-2)12-6-5-11(17)9-13(12)16/h5-9,14,18H,3-4,10H2,1-2H3. The highest BCUT2D eigenvalue weighted by Crippen LogP contribution is 2.28. The van der Waals surface area contributed by atoms with Crippen LogP contribution in [-0.4, -0.2) is 16.1 Å². The van der Waals surface area contributed by atoms with Gasteiger partial charge in [-0.15, -0.1) is 0 Å². The molecule has 0 amide bonds. The zero-order chi connectivity index (χ0) is 14.5. The third-order valence-electron chi connectivity index (χ3n) is 3.32. The third-order valence-corrected chi connectivity index (χ3v) is 4.24. The maximum absolute atomic E-state index is 6.02. The van der Waals surface area contributed by atoms with E-state index >= 15 is 0 Å². The average molecular weight is 357 g/mol. The van der Waals surface area contributed by atoms with Gasteiger partial charge in [0.25, 0.3) is 0 Å². The van der Waals surface area contributed by atoms with Crippen LogP contribution < -0.4 is 5.32 Å². The third kappa shape index (κ3) is 3.62. The molecule has 0 aliphatic rings. The lowest BCUT2D eigenvalue weighted by Crippen LogP contribution is -2.24. The van der Waals surface area contributed by atoms with Crippen LogP contribution in [0.1, 0.15) is 31.3 Å². The number of hydrogen-bond acceptors (Lipinski definition) is 2. The Bertz CT molecular complexity index is 568. The van der Waals surface area contributed by atoms with E-state index in [1.165, 1.54) is 5.56 Å². The summed E-state index contributed by atoms with van der Waals surface area (Å²) in [5, 5.41) is 4.26. The normalized spacial score (nSPS) is 12.6. The summed E-state index contributed by atoms with van der Waals surface area (Å²) in [6, 6.07) is 6.16. The number of halogens is 2. The molecule has 0 aliphatic carbocycles. The lowest BCUT2D eigenvalue weighted by atomic mass is 10.0. The van der Waals surface area contributed by atoms with Gasteiger partial charge in [0, 0.05) is 40.9 Å². The number of likely N-dealkylation sites (N-methyl/N-ethyl adjacent to an activating group) is 1. The van der Waals surface area contributed by atoms with E-state index in [1.54, 1.807) is 0 Å². The minimum Gasteiger partial charge on any atom is -0.335 e. The van der Waals surface area contributed by atoms with Crippen molar-refractivity contribution in [3.63, 3.8) is 0 Å². The van der Waals surface area contributed by atoms with Gasteiger partial charge < -0.3 is 9.88 Å². The van der Waals surface area contributed by atoms with E-state index in [9.17, 15) is 0 Å². The van der Waals surface area contributed by atoms with Gasteiger partial charge in [-0.1, -0.05) is 40.5 Å². The van der Waals surface area contributed by atoms with Crippen molar-refractivity contribution in [3.05, 3.63) is 51.5 Å². The van der Waals surface area contributed by atoms with Crippen LogP contribution in [0.2, 0.25) is 5.02 Å². The largest absolute Gasteiger partial charge is 0.335 e. The maximum Gasteiger partial charge on any atom is 0.110 e. The zero-order valence-electron chi connectivity index (χ0n) is 11.7. The number of rotatable bonds is 6. The van der Waals surface area contributed by atoms with Crippen molar-refractivity contribution in [2.75, 3.05) is 6.54 Å². The highest BCUT2D eigenvalue weighted by atomic mass is 79.9. The highest BCUT2D eigenvalue weighted by Gasteiger charge is 2.16. The molecule has 1 heterocycles. The molecule has 0 radical (unpaired) electrons. The molecular weight excluding hydrogens is 338 g/mol. The second-order valence-corrected chi connectivity index (χ2v) is 5.90. The molecule has 2 aromatic rings. The lowest BCUT2D eigenvalue weighted by Gasteiger charge is -2.20. The first kappa shape index (κ1) is 15.5. The molecular formula is C15H19BrClN3. The maximum atomic E-state index is 6.02. The minimum atomic E-state index is 0.222. The summed E-state index contributed by atoms with van der Waals surface area (Å²) in [4.78, 5) is 4.46. The molecule has 0 saturated carbocycles. The Balaban J connectivity index is 2.27.